The highest BCUT2D eigenvalue weighted by Crippen LogP contribution is 2.12. The minimum atomic E-state index is 0.222. The molecule has 0 amide bonds. The summed E-state index contributed by atoms with van der Waals surface area (Å²) in [5.41, 5.74) is 10.2. The quantitative estimate of drug-likeness (QED) is 0.872. The van der Waals surface area contributed by atoms with Crippen molar-refractivity contribution < 1.29 is 0 Å². The summed E-state index contributed by atoms with van der Waals surface area (Å²) in [6.45, 7) is 2.14. The Morgan fingerprint density at radius 3 is 2.56 bits per heavy atom. The molecule has 2 N–H and O–H groups in total. The van der Waals surface area contributed by atoms with Gasteiger partial charge in [-0.3, -0.25) is 4.98 Å². The minimum Gasteiger partial charge on any atom is -0.327 e. The van der Waals surface area contributed by atoms with Crippen LogP contribution in [-0.4, -0.2) is 11.0 Å². The average molecular weight is 240 g/mol. The Hall–Kier alpha value is -1.67. The zero-order chi connectivity index (χ0) is 12.8. The standard InChI is InChI=1S/C16H20N2/c1-13-4-2-3-5-15(13)12-16(17)7-6-14-8-10-18-11-9-14/h2-5,8-11,16H,6-7,12,17H2,1H3. The predicted molar refractivity (Wildman–Crippen MR) is 75.4 cm³/mol. The van der Waals surface area contributed by atoms with Crippen molar-refractivity contribution in [1.82, 2.24) is 4.98 Å². The topological polar surface area (TPSA) is 38.9 Å². The summed E-state index contributed by atoms with van der Waals surface area (Å²) in [6, 6.07) is 12.8. The van der Waals surface area contributed by atoms with Crippen molar-refractivity contribution in [3.63, 3.8) is 0 Å². The van der Waals surface area contributed by atoms with Crippen molar-refractivity contribution >= 4 is 0 Å². The molecule has 2 rings (SSSR count). The molecule has 2 heteroatoms. The van der Waals surface area contributed by atoms with Gasteiger partial charge in [-0.15, -0.1) is 0 Å². The number of pyridine rings is 1. The van der Waals surface area contributed by atoms with Gasteiger partial charge in [0, 0.05) is 18.4 Å². The molecule has 0 aliphatic heterocycles. The van der Waals surface area contributed by atoms with Gasteiger partial charge in [0.2, 0.25) is 0 Å². The van der Waals surface area contributed by atoms with Crippen LogP contribution in [0.25, 0.3) is 0 Å². The molecule has 1 atom stereocenters. The molecule has 18 heavy (non-hydrogen) atoms. The second kappa shape index (κ2) is 6.31. The highest BCUT2D eigenvalue weighted by molar-refractivity contribution is 5.26. The fourth-order valence-corrected chi connectivity index (χ4v) is 2.13. The molecule has 0 fully saturated rings. The number of nitrogens with two attached hydrogens (primary N) is 1. The van der Waals surface area contributed by atoms with E-state index in [4.69, 9.17) is 5.73 Å². The number of nitrogens with zero attached hydrogens (tertiary/aromatic N) is 1. The Bertz CT molecular complexity index is 479. The largest absolute Gasteiger partial charge is 0.327 e. The monoisotopic (exact) mass is 240 g/mol. The van der Waals surface area contributed by atoms with Crippen LogP contribution in [0, 0.1) is 6.92 Å². The summed E-state index contributed by atoms with van der Waals surface area (Å²) in [5.74, 6) is 0. The number of benzene rings is 1. The van der Waals surface area contributed by atoms with E-state index in [1.165, 1.54) is 16.7 Å². The van der Waals surface area contributed by atoms with E-state index < -0.39 is 0 Å². The van der Waals surface area contributed by atoms with Crippen molar-refractivity contribution in [3.8, 4) is 0 Å². The van der Waals surface area contributed by atoms with E-state index in [0.717, 1.165) is 19.3 Å². The number of rotatable bonds is 5. The third-order valence-electron chi connectivity index (χ3n) is 3.30. The molecule has 94 valence electrons. The zero-order valence-electron chi connectivity index (χ0n) is 10.8. The molecule has 2 aromatic rings. The van der Waals surface area contributed by atoms with Crippen molar-refractivity contribution in [2.45, 2.75) is 32.2 Å². The molecule has 0 spiro atoms. The van der Waals surface area contributed by atoms with Gasteiger partial charge in [-0.1, -0.05) is 24.3 Å². The Labute approximate surface area is 109 Å². The molecule has 0 saturated carbocycles. The molecular weight excluding hydrogens is 220 g/mol. The molecule has 1 aromatic carbocycles. The maximum absolute atomic E-state index is 6.21. The maximum Gasteiger partial charge on any atom is 0.0270 e. The van der Waals surface area contributed by atoms with Gasteiger partial charge in [0.05, 0.1) is 0 Å². The van der Waals surface area contributed by atoms with Crippen LogP contribution < -0.4 is 5.73 Å². The van der Waals surface area contributed by atoms with E-state index in [-0.39, 0.29) is 6.04 Å². The third-order valence-corrected chi connectivity index (χ3v) is 3.30. The van der Waals surface area contributed by atoms with E-state index in [0.29, 0.717) is 0 Å². The molecular formula is C16H20N2. The fraction of sp³-hybridized carbons (Fsp3) is 0.312. The normalized spacial score (nSPS) is 12.3. The summed E-state index contributed by atoms with van der Waals surface area (Å²) in [4.78, 5) is 4.02. The minimum absolute atomic E-state index is 0.222. The van der Waals surface area contributed by atoms with Crippen LogP contribution >= 0.6 is 0 Å². The summed E-state index contributed by atoms with van der Waals surface area (Å²) in [5, 5.41) is 0. The number of aryl methyl sites for hydroxylation is 2. The van der Waals surface area contributed by atoms with Crippen molar-refractivity contribution in [2.24, 2.45) is 5.73 Å². The SMILES string of the molecule is Cc1ccccc1CC(N)CCc1ccncc1. The van der Waals surface area contributed by atoms with Crippen LogP contribution in [0.4, 0.5) is 0 Å². The lowest BCUT2D eigenvalue weighted by Crippen LogP contribution is -2.23. The van der Waals surface area contributed by atoms with Crippen LogP contribution in [0.2, 0.25) is 0 Å². The molecule has 0 radical (unpaired) electrons. The van der Waals surface area contributed by atoms with Gasteiger partial charge in [-0.25, -0.2) is 0 Å². The second-order valence-electron chi connectivity index (χ2n) is 4.78. The highest BCUT2D eigenvalue weighted by atomic mass is 14.6. The summed E-state index contributed by atoms with van der Waals surface area (Å²) >= 11 is 0. The molecule has 0 bridgehead atoms. The van der Waals surface area contributed by atoms with Gasteiger partial charge < -0.3 is 5.73 Å². The molecule has 0 aliphatic carbocycles. The van der Waals surface area contributed by atoms with Gasteiger partial charge in [-0.05, 0) is 55.0 Å². The number of hydrogen-bond acceptors (Lipinski definition) is 2. The molecule has 1 aromatic heterocycles. The highest BCUT2D eigenvalue weighted by Gasteiger charge is 2.06. The first kappa shape index (κ1) is 12.8. The predicted octanol–water partition coefficient (Wildman–Crippen LogP) is 2.89. The van der Waals surface area contributed by atoms with E-state index in [1.54, 1.807) is 0 Å². The Kier molecular flexibility index (Phi) is 4.48. The van der Waals surface area contributed by atoms with Crippen LogP contribution in [-0.2, 0) is 12.8 Å². The Balaban J connectivity index is 1.86. The van der Waals surface area contributed by atoms with Crippen LogP contribution in [0.15, 0.2) is 48.8 Å². The molecule has 1 unspecified atom stereocenters. The zero-order valence-corrected chi connectivity index (χ0v) is 10.8. The first-order chi connectivity index (χ1) is 8.75. The summed E-state index contributed by atoms with van der Waals surface area (Å²) in [6.07, 6.45) is 6.66. The molecule has 0 aliphatic rings. The summed E-state index contributed by atoms with van der Waals surface area (Å²) < 4.78 is 0. The molecule has 1 heterocycles. The third kappa shape index (κ3) is 3.67. The van der Waals surface area contributed by atoms with Gasteiger partial charge >= 0.3 is 0 Å². The molecule has 2 nitrogen and oxygen atoms in total. The fourth-order valence-electron chi connectivity index (χ4n) is 2.13. The summed E-state index contributed by atoms with van der Waals surface area (Å²) in [7, 11) is 0. The van der Waals surface area contributed by atoms with E-state index in [9.17, 15) is 0 Å². The van der Waals surface area contributed by atoms with Gasteiger partial charge in [0.25, 0.3) is 0 Å². The average Bonchev–Trinajstić information content (AvgIpc) is 2.40. The first-order valence-electron chi connectivity index (χ1n) is 6.44. The number of hydrogen-bond donors (Lipinski definition) is 1. The van der Waals surface area contributed by atoms with Gasteiger partial charge in [0.15, 0.2) is 0 Å². The second-order valence-corrected chi connectivity index (χ2v) is 4.78. The number of aromatic nitrogens is 1. The van der Waals surface area contributed by atoms with Gasteiger partial charge in [-0.2, -0.15) is 0 Å². The van der Waals surface area contributed by atoms with Gasteiger partial charge in [0.1, 0.15) is 0 Å². The van der Waals surface area contributed by atoms with Crippen LogP contribution in [0.3, 0.4) is 0 Å². The van der Waals surface area contributed by atoms with E-state index in [2.05, 4.69) is 48.3 Å². The first-order valence-corrected chi connectivity index (χ1v) is 6.44. The van der Waals surface area contributed by atoms with Crippen LogP contribution in [0.5, 0.6) is 0 Å². The van der Waals surface area contributed by atoms with Crippen LogP contribution in [0.1, 0.15) is 23.1 Å². The Morgan fingerprint density at radius 1 is 1.11 bits per heavy atom. The smallest absolute Gasteiger partial charge is 0.0270 e. The van der Waals surface area contributed by atoms with Crippen molar-refractivity contribution in [3.05, 3.63) is 65.5 Å². The lowest BCUT2D eigenvalue weighted by atomic mass is 9.97. The van der Waals surface area contributed by atoms with Crippen molar-refractivity contribution in [2.75, 3.05) is 0 Å². The van der Waals surface area contributed by atoms with E-state index in [1.807, 2.05) is 12.4 Å². The lowest BCUT2D eigenvalue weighted by molar-refractivity contribution is 0.609. The van der Waals surface area contributed by atoms with Crippen molar-refractivity contribution in [1.29, 1.82) is 0 Å². The van der Waals surface area contributed by atoms with E-state index >= 15 is 0 Å². The Morgan fingerprint density at radius 2 is 1.83 bits per heavy atom. The lowest BCUT2D eigenvalue weighted by Gasteiger charge is -2.13. The maximum atomic E-state index is 6.21. The molecule has 0 saturated heterocycles.